The molecule has 0 heterocycles. The van der Waals surface area contributed by atoms with Crippen molar-refractivity contribution >= 4 is 28.9 Å². The minimum Gasteiger partial charge on any atom is -0.325 e. The van der Waals surface area contributed by atoms with E-state index in [1.54, 1.807) is 13.0 Å². The monoisotopic (exact) mass is 347 g/mol. The Labute approximate surface area is 145 Å². The van der Waals surface area contributed by atoms with Crippen molar-refractivity contribution in [1.82, 2.24) is 5.32 Å². The van der Waals surface area contributed by atoms with Crippen LogP contribution in [0.2, 0.25) is 5.02 Å². The fourth-order valence-corrected chi connectivity index (χ4v) is 2.43. The maximum Gasteiger partial charge on any atom is 0.269 e. The van der Waals surface area contributed by atoms with Gasteiger partial charge in [-0.25, -0.2) is 0 Å². The lowest BCUT2D eigenvalue weighted by Crippen LogP contribution is -2.30. The number of non-ortho nitro benzene ring substituents is 1. The second-order valence-corrected chi connectivity index (χ2v) is 5.90. The fraction of sp³-hybridized carbons (Fsp3) is 0.235. The second kappa shape index (κ2) is 7.90. The molecule has 2 N–H and O–H groups in total. The standard InChI is InChI=1S/C17H18ClN3O3/c1-11-8-15(21(23)24)6-7-16(11)20-17(22)10-19-12(2)13-4-3-5-14(18)9-13/h3-9,12,19H,10H2,1-2H3,(H,20,22)/t12-/m1/s1. The van der Waals surface area contributed by atoms with Gasteiger partial charge in [0.25, 0.3) is 5.69 Å². The number of carbonyl (C=O) groups excluding carboxylic acids is 1. The van der Waals surface area contributed by atoms with Gasteiger partial charge < -0.3 is 10.6 Å². The van der Waals surface area contributed by atoms with Crippen LogP contribution >= 0.6 is 11.6 Å². The Hall–Kier alpha value is -2.44. The molecular weight excluding hydrogens is 330 g/mol. The molecule has 0 radical (unpaired) electrons. The molecule has 2 aromatic rings. The number of rotatable bonds is 6. The third-order valence-corrected chi connectivity index (χ3v) is 3.85. The van der Waals surface area contributed by atoms with E-state index in [1.807, 2.05) is 25.1 Å². The van der Waals surface area contributed by atoms with E-state index in [0.717, 1.165) is 5.56 Å². The van der Waals surface area contributed by atoms with Gasteiger partial charge in [0.15, 0.2) is 0 Å². The fourth-order valence-electron chi connectivity index (χ4n) is 2.24. The first-order valence-corrected chi connectivity index (χ1v) is 7.78. The zero-order chi connectivity index (χ0) is 17.7. The number of amides is 1. The molecule has 0 aromatic heterocycles. The first-order valence-electron chi connectivity index (χ1n) is 7.40. The van der Waals surface area contributed by atoms with Gasteiger partial charge in [0.2, 0.25) is 5.91 Å². The second-order valence-electron chi connectivity index (χ2n) is 5.46. The molecule has 6 nitrogen and oxygen atoms in total. The number of nitrogens with one attached hydrogen (secondary N) is 2. The van der Waals surface area contributed by atoms with E-state index in [4.69, 9.17) is 11.6 Å². The predicted octanol–water partition coefficient (Wildman–Crippen LogP) is 3.85. The summed E-state index contributed by atoms with van der Waals surface area (Å²) < 4.78 is 0. The number of hydrogen-bond acceptors (Lipinski definition) is 4. The molecule has 2 rings (SSSR count). The minimum absolute atomic E-state index is 0.00166. The van der Waals surface area contributed by atoms with Gasteiger partial charge in [-0.3, -0.25) is 14.9 Å². The predicted molar refractivity (Wildman–Crippen MR) is 94.3 cm³/mol. The lowest BCUT2D eigenvalue weighted by molar-refractivity contribution is -0.384. The van der Waals surface area contributed by atoms with Gasteiger partial charge in [0, 0.05) is 28.9 Å². The van der Waals surface area contributed by atoms with Gasteiger partial charge in [-0.15, -0.1) is 0 Å². The first-order chi connectivity index (χ1) is 11.4. The van der Waals surface area contributed by atoms with Crippen molar-refractivity contribution < 1.29 is 9.72 Å². The third kappa shape index (κ3) is 4.78. The van der Waals surface area contributed by atoms with Crippen LogP contribution in [0, 0.1) is 17.0 Å². The molecule has 0 saturated heterocycles. The van der Waals surface area contributed by atoms with Crippen LogP contribution in [-0.4, -0.2) is 17.4 Å². The maximum atomic E-state index is 12.1. The molecule has 0 unspecified atom stereocenters. The highest BCUT2D eigenvalue weighted by Gasteiger charge is 2.12. The molecule has 0 spiro atoms. The molecule has 0 bridgehead atoms. The quantitative estimate of drug-likeness (QED) is 0.614. The Kier molecular flexibility index (Phi) is 5.89. The zero-order valence-corrected chi connectivity index (χ0v) is 14.1. The van der Waals surface area contributed by atoms with Crippen LogP contribution in [-0.2, 0) is 4.79 Å². The van der Waals surface area contributed by atoms with Gasteiger partial charge in [0.05, 0.1) is 11.5 Å². The molecule has 0 saturated carbocycles. The number of carbonyl (C=O) groups is 1. The number of aryl methyl sites for hydroxylation is 1. The third-order valence-electron chi connectivity index (χ3n) is 3.61. The molecule has 0 fully saturated rings. The molecule has 24 heavy (non-hydrogen) atoms. The van der Waals surface area contributed by atoms with E-state index in [2.05, 4.69) is 10.6 Å². The van der Waals surface area contributed by atoms with E-state index in [-0.39, 0.29) is 24.2 Å². The van der Waals surface area contributed by atoms with E-state index >= 15 is 0 Å². The lowest BCUT2D eigenvalue weighted by atomic mass is 10.1. The average molecular weight is 348 g/mol. The Bertz CT molecular complexity index is 764. The van der Waals surface area contributed by atoms with Crippen molar-refractivity contribution in [3.63, 3.8) is 0 Å². The van der Waals surface area contributed by atoms with Crippen LogP contribution in [0.4, 0.5) is 11.4 Å². The maximum absolute atomic E-state index is 12.1. The summed E-state index contributed by atoms with van der Waals surface area (Å²) in [6.07, 6.45) is 0. The summed E-state index contributed by atoms with van der Waals surface area (Å²) in [5, 5.41) is 17.2. The molecule has 1 atom stereocenters. The molecule has 0 aliphatic carbocycles. The van der Waals surface area contributed by atoms with Crippen molar-refractivity contribution in [2.45, 2.75) is 19.9 Å². The molecule has 1 amide bonds. The normalized spacial score (nSPS) is 11.8. The molecule has 2 aromatic carbocycles. The summed E-state index contributed by atoms with van der Waals surface area (Å²) in [7, 11) is 0. The van der Waals surface area contributed by atoms with E-state index < -0.39 is 4.92 Å². The number of benzene rings is 2. The van der Waals surface area contributed by atoms with Gasteiger partial charge in [-0.05, 0) is 43.2 Å². The van der Waals surface area contributed by atoms with Crippen LogP contribution < -0.4 is 10.6 Å². The molecule has 126 valence electrons. The van der Waals surface area contributed by atoms with E-state index in [0.29, 0.717) is 16.3 Å². The molecular formula is C17H18ClN3O3. The van der Waals surface area contributed by atoms with Crippen LogP contribution in [0.1, 0.15) is 24.1 Å². The molecule has 0 aliphatic rings. The van der Waals surface area contributed by atoms with Crippen LogP contribution in [0.3, 0.4) is 0 Å². The lowest BCUT2D eigenvalue weighted by Gasteiger charge is -2.15. The summed E-state index contributed by atoms with van der Waals surface area (Å²) in [5.74, 6) is -0.221. The largest absolute Gasteiger partial charge is 0.325 e. The highest BCUT2D eigenvalue weighted by atomic mass is 35.5. The Morgan fingerprint density at radius 2 is 2.04 bits per heavy atom. The average Bonchev–Trinajstić information content (AvgIpc) is 2.54. The van der Waals surface area contributed by atoms with Gasteiger partial charge in [-0.1, -0.05) is 23.7 Å². The summed E-state index contributed by atoms with van der Waals surface area (Å²) in [4.78, 5) is 22.3. The zero-order valence-electron chi connectivity index (χ0n) is 13.4. The van der Waals surface area contributed by atoms with Crippen molar-refractivity contribution in [1.29, 1.82) is 0 Å². The van der Waals surface area contributed by atoms with Gasteiger partial charge in [-0.2, -0.15) is 0 Å². The summed E-state index contributed by atoms with van der Waals surface area (Å²) in [6, 6.07) is 11.7. The Morgan fingerprint density at radius 3 is 2.67 bits per heavy atom. The van der Waals surface area contributed by atoms with Gasteiger partial charge >= 0.3 is 0 Å². The number of nitrogens with zero attached hydrogens (tertiary/aromatic N) is 1. The van der Waals surface area contributed by atoms with Crippen molar-refractivity contribution in [3.05, 3.63) is 68.7 Å². The van der Waals surface area contributed by atoms with Crippen molar-refractivity contribution in [2.75, 3.05) is 11.9 Å². The topological polar surface area (TPSA) is 84.3 Å². The molecule has 0 aliphatic heterocycles. The van der Waals surface area contributed by atoms with E-state index in [1.165, 1.54) is 18.2 Å². The Morgan fingerprint density at radius 1 is 1.29 bits per heavy atom. The number of halogens is 1. The van der Waals surface area contributed by atoms with Crippen LogP contribution in [0.5, 0.6) is 0 Å². The first kappa shape index (κ1) is 17.9. The smallest absolute Gasteiger partial charge is 0.269 e. The minimum atomic E-state index is -0.465. The molecule has 7 heteroatoms. The number of hydrogen-bond donors (Lipinski definition) is 2. The number of nitro groups is 1. The summed E-state index contributed by atoms with van der Waals surface area (Å²) in [5.41, 5.74) is 2.18. The number of anilines is 1. The highest BCUT2D eigenvalue weighted by molar-refractivity contribution is 6.30. The van der Waals surface area contributed by atoms with E-state index in [9.17, 15) is 14.9 Å². The summed E-state index contributed by atoms with van der Waals surface area (Å²) in [6.45, 7) is 3.77. The van der Waals surface area contributed by atoms with Gasteiger partial charge in [0.1, 0.15) is 0 Å². The Balaban J connectivity index is 1.93. The summed E-state index contributed by atoms with van der Waals surface area (Å²) >= 11 is 5.96. The van der Waals surface area contributed by atoms with Crippen LogP contribution in [0.15, 0.2) is 42.5 Å². The van der Waals surface area contributed by atoms with Crippen molar-refractivity contribution in [3.8, 4) is 0 Å². The van der Waals surface area contributed by atoms with Crippen LogP contribution in [0.25, 0.3) is 0 Å². The number of nitro benzene ring substituents is 1. The van der Waals surface area contributed by atoms with Crippen molar-refractivity contribution in [2.24, 2.45) is 0 Å². The SMILES string of the molecule is Cc1cc([N+](=O)[O-])ccc1NC(=O)CN[C@H](C)c1cccc(Cl)c1. The highest BCUT2D eigenvalue weighted by Crippen LogP contribution is 2.21.